The van der Waals surface area contributed by atoms with Crippen LogP contribution in [0.15, 0.2) is 96.3 Å². The zero-order valence-corrected chi connectivity index (χ0v) is 17.7. The lowest BCUT2D eigenvalue weighted by atomic mass is 9.94. The van der Waals surface area contributed by atoms with Gasteiger partial charge in [-0.25, -0.2) is 0 Å². The molecule has 0 bridgehead atoms. The van der Waals surface area contributed by atoms with Gasteiger partial charge in [0, 0.05) is 17.8 Å². The highest BCUT2D eigenvalue weighted by Crippen LogP contribution is 2.42. The molecule has 0 aliphatic carbocycles. The number of hydrogen-bond donors (Lipinski definition) is 1. The number of aryl methyl sites for hydroxylation is 1. The summed E-state index contributed by atoms with van der Waals surface area (Å²) in [4.78, 5) is 38.5. The van der Waals surface area contributed by atoms with E-state index in [1.807, 2.05) is 36.4 Å². The Morgan fingerprint density at radius 2 is 1.73 bits per heavy atom. The maximum absolute atomic E-state index is 13.2. The lowest BCUT2D eigenvalue weighted by Crippen LogP contribution is -2.31. The first kappa shape index (κ1) is 21.7. The van der Waals surface area contributed by atoms with Crippen molar-refractivity contribution in [1.29, 1.82) is 0 Å². The minimum Gasteiger partial charge on any atom is -0.503 e. The van der Waals surface area contributed by atoms with Crippen molar-refractivity contribution in [2.75, 3.05) is 4.90 Å². The number of benzene rings is 3. The van der Waals surface area contributed by atoms with Gasteiger partial charge in [0.15, 0.2) is 11.5 Å². The van der Waals surface area contributed by atoms with Gasteiger partial charge >= 0.3 is 0 Å². The van der Waals surface area contributed by atoms with Gasteiger partial charge in [-0.1, -0.05) is 66.7 Å². The number of non-ortho nitro benzene ring substituents is 1. The molecule has 1 heterocycles. The van der Waals surface area contributed by atoms with Crippen LogP contribution in [0.1, 0.15) is 22.7 Å². The van der Waals surface area contributed by atoms with E-state index in [2.05, 4.69) is 0 Å². The molecule has 1 aliphatic heterocycles. The van der Waals surface area contributed by atoms with Crippen molar-refractivity contribution in [2.24, 2.45) is 0 Å². The number of carbonyl (C=O) groups is 2. The molecule has 0 saturated carbocycles. The van der Waals surface area contributed by atoms with Gasteiger partial charge in [0.1, 0.15) is 0 Å². The van der Waals surface area contributed by atoms with Crippen LogP contribution >= 0.6 is 0 Å². The van der Waals surface area contributed by atoms with Crippen LogP contribution < -0.4 is 4.90 Å². The van der Waals surface area contributed by atoms with Gasteiger partial charge in [0.2, 0.25) is 0 Å². The van der Waals surface area contributed by atoms with E-state index in [0.717, 1.165) is 11.1 Å². The van der Waals surface area contributed by atoms with E-state index in [1.54, 1.807) is 37.3 Å². The highest BCUT2D eigenvalue weighted by molar-refractivity contribution is 6.20. The normalized spacial score (nSPS) is 16.0. The topological polar surface area (TPSA) is 101 Å². The van der Waals surface area contributed by atoms with Crippen molar-refractivity contribution >= 4 is 29.1 Å². The number of carbonyl (C=O) groups excluding carboxylic acids is 2. The molecular weight excluding hydrogens is 420 g/mol. The van der Waals surface area contributed by atoms with Gasteiger partial charge in [0.25, 0.3) is 11.6 Å². The van der Waals surface area contributed by atoms with Gasteiger partial charge < -0.3 is 5.11 Å². The van der Waals surface area contributed by atoms with Gasteiger partial charge in [-0.15, -0.1) is 0 Å². The monoisotopic (exact) mass is 440 g/mol. The fourth-order valence-corrected chi connectivity index (χ4v) is 3.89. The van der Waals surface area contributed by atoms with E-state index in [9.17, 15) is 24.8 Å². The highest BCUT2D eigenvalue weighted by atomic mass is 16.6. The second-order valence-corrected chi connectivity index (χ2v) is 7.59. The minimum atomic E-state index is -1.02. The maximum Gasteiger partial charge on any atom is 0.294 e. The number of hydrogen-bond acceptors (Lipinski definition) is 5. The number of aliphatic hydroxyl groups is 1. The van der Waals surface area contributed by atoms with E-state index in [-0.39, 0.29) is 11.3 Å². The van der Waals surface area contributed by atoms with Crippen LogP contribution in [0, 0.1) is 17.0 Å². The van der Waals surface area contributed by atoms with Crippen molar-refractivity contribution in [3.8, 4) is 0 Å². The number of aliphatic hydroxyl groups excluding tert-OH is 1. The third kappa shape index (κ3) is 4.16. The van der Waals surface area contributed by atoms with E-state index in [1.165, 1.54) is 29.2 Å². The Morgan fingerprint density at radius 3 is 2.42 bits per heavy atom. The third-order valence-corrected chi connectivity index (χ3v) is 5.47. The molecule has 1 unspecified atom stereocenters. The van der Waals surface area contributed by atoms with E-state index in [0.29, 0.717) is 11.3 Å². The number of amides is 1. The first-order valence-corrected chi connectivity index (χ1v) is 10.2. The smallest absolute Gasteiger partial charge is 0.294 e. The van der Waals surface area contributed by atoms with Gasteiger partial charge in [-0.3, -0.25) is 24.6 Å². The molecule has 1 N–H and O–H groups in total. The summed E-state index contributed by atoms with van der Waals surface area (Å²) in [5.41, 5.74) is 2.07. The number of rotatable bonds is 6. The standard InChI is InChI=1S/C26H20N2O5/c1-17-8-5-6-13-21(17)27-24(19-11-7-12-20(16-19)28(32)33)23(25(30)26(27)31)22(29)15-14-18-9-3-2-4-10-18/h2-16,24,30H,1H3/b15-14+. The number of allylic oxidation sites excluding steroid dienone is 1. The summed E-state index contributed by atoms with van der Waals surface area (Å²) in [6.45, 7) is 1.80. The Hall–Kier alpha value is -4.52. The van der Waals surface area contributed by atoms with Crippen molar-refractivity contribution in [3.05, 3.63) is 123 Å². The lowest BCUT2D eigenvalue weighted by Gasteiger charge is -2.28. The second kappa shape index (κ2) is 8.92. The lowest BCUT2D eigenvalue weighted by molar-refractivity contribution is -0.384. The average Bonchev–Trinajstić information content (AvgIpc) is 3.09. The molecule has 1 atom stereocenters. The second-order valence-electron chi connectivity index (χ2n) is 7.59. The molecule has 33 heavy (non-hydrogen) atoms. The molecule has 0 radical (unpaired) electrons. The quantitative estimate of drug-likeness (QED) is 0.327. The molecule has 1 amide bonds. The molecule has 0 aromatic heterocycles. The summed E-state index contributed by atoms with van der Waals surface area (Å²) >= 11 is 0. The fraction of sp³-hybridized carbons (Fsp3) is 0.0769. The van der Waals surface area contributed by atoms with Gasteiger partial charge in [-0.05, 0) is 35.8 Å². The zero-order chi connectivity index (χ0) is 23.5. The Morgan fingerprint density at radius 1 is 1.03 bits per heavy atom. The molecule has 7 nitrogen and oxygen atoms in total. The summed E-state index contributed by atoms with van der Waals surface area (Å²) in [5.74, 6) is -1.97. The Balaban J connectivity index is 1.84. The number of anilines is 1. The number of nitro groups is 1. The predicted octanol–water partition coefficient (Wildman–Crippen LogP) is 5.09. The van der Waals surface area contributed by atoms with E-state index in [4.69, 9.17) is 0 Å². The fourth-order valence-electron chi connectivity index (χ4n) is 3.89. The average molecular weight is 440 g/mol. The third-order valence-electron chi connectivity index (χ3n) is 5.47. The maximum atomic E-state index is 13.2. The molecule has 164 valence electrons. The molecular formula is C26H20N2O5. The predicted molar refractivity (Wildman–Crippen MR) is 125 cm³/mol. The van der Waals surface area contributed by atoms with Gasteiger partial charge in [0.05, 0.1) is 16.5 Å². The molecule has 0 fully saturated rings. The van der Waals surface area contributed by atoms with Crippen LogP contribution in [-0.4, -0.2) is 21.7 Å². The number of para-hydroxylation sites is 1. The van der Waals surface area contributed by atoms with Gasteiger partial charge in [-0.2, -0.15) is 0 Å². The first-order valence-electron chi connectivity index (χ1n) is 10.2. The Labute approximate surface area is 190 Å². The summed E-state index contributed by atoms with van der Waals surface area (Å²) in [5, 5.41) is 22.1. The van der Waals surface area contributed by atoms with Crippen LogP contribution in [-0.2, 0) is 9.59 Å². The van der Waals surface area contributed by atoms with Crippen molar-refractivity contribution in [1.82, 2.24) is 0 Å². The number of nitro benzene ring substituents is 1. The number of ketones is 1. The van der Waals surface area contributed by atoms with E-state index < -0.39 is 28.4 Å². The highest BCUT2D eigenvalue weighted by Gasteiger charge is 2.44. The Bertz CT molecular complexity index is 1310. The molecule has 1 aliphatic rings. The first-order chi connectivity index (χ1) is 15.9. The van der Waals surface area contributed by atoms with Crippen LogP contribution in [0.2, 0.25) is 0 Å². The van der Waals surface area contributed by atoms with Crippen molar-refractivity contribution in [2.45, 2.75) is 13.0 Å². The SMILES string of the molecule is Cc1ccccc1N1C(=O)C(O)=C(C(=O)/C=C/c2ccccc2)C1c1cccc([N+](=O)[O-])c1. The molecule has 7 heteroatoms. The van der Waals surface area contributed by atoms with E-state index >= 15 is 0 Å². The van der Waals surface area contributed by atoms with Crippen LogP contribution in [0.3, 0.4) is 0 Å². The Kier molecular flexibility index (Phi) is 5.87. The molecule has 3 aromatic rings. The molecule has 0 saturated heterocycles. The van der Waals surface area contributed by atoms with Crippen molar-refractivity contribution in [3.63, 3.8) is 0 Å². The van der Waals surface area contributed by atoms with Crippen LogP contribution in [0.25, 0.3) is 6.08 Å². The summed E-state index contributed by atoms with van der Waals surface area (Å²) in [7, 11) is 0. The summed E-state index contributed by atoms with van der Waals surface area (Å²) < 4.78 is 0. The summed E-state index contributed by atoms with van der Waals surface area (Å²) in [6, 6.07) is 20.9. The number of nitrogens with zero attached hydrogens (tertiary/aromatic N) is 2. The van der Waals surface area contributed by atoms with Crippen LogP contribution in [0.4, 0.5) is 11.4 Å². The zero-order valence-electron chi connectivity index (χ0n) is 17.7. The molecule has 4 rings (SSSR count). The molecule has 3 aromatic carbocycles. The largest absolute Gasteiger partial charge is 0.503 e. The minimum absolute atomic E-state index is 0.129. The van der Waals surface area contributed by atoms with Crippen molar-refractivity contribution < 1.29 is 19.6 Å². The van der Waals surface area contributed by atoms with Crippen LogP contribution in [0.5, 0.6) is 0 Å². The summed E-state index contributed by atoms with van der Waals surface area (Å²) in [6.07, 6.45) is 2.88. The molecule has 0 spiro atoms.